The summed E-state index contributed by atoms with van der Waals surface area (Å²) in [6.07, 6.45) is 6.52. The highest BCUT2D eigenvalue weighted by Crippen LogP contribution is 2.36. The van der Waals surface area contributed by atoms with Gasteiger partial charge in [-0.05, 0) is 50.6 Å². The Morgan fingerprint density at radius 2 is 2.18 bits per heavy atom. The zero-order valence-electron chi connectivity index (χ0n) is 12.5. The van der Waals surface area contributed by atoms with E-state index in [9.17, 15) is 0 Å². The summed E-state index contributed by atoms with van der Waals surface area (Å²) in [6.45, 7) is 4.23. The normalized spacial score (nSPS) is 19.3. The van der Waals surface area contributed by atoms with Crippen LogP contribution in [0, 0.1) is 6.92 Å². The van der Waals surface area contributed by atoms with Crippen molar-refractivity contribution in [1.82, 2.24) is 14.3 Å². The summed E-state index contributed by atoms with van der Waals surface area (Å²) >= 11 is 7.97. The highest BCUT2D eigenvalue weighted by molar-refractivity contribution is 7.12. The lowest BCUT2D eigenvalue weighted by atomic mass is 10.2. The van der Waals surface area contributed by atoms with E-state index in [0.717, 1.165) is 29.5 Å². The number of hydrogen-bond acceptors (Lipinski definition) is 3. The molecule has 1 unspecified atom stereocenters. The number of imidazole rings is 1. The predicted octanol–water partition coefficient (Wildman–Crippen LogP) is 4.69. The second-order valence-electron chi connectivity index (χ2n) is 5.92. The first-order chi connectivity index (χ1) is 10.7. The Morgan fingerprint density at radius 1 is 1.27 bits per heavy atom. The molecule has 3 nitrogen and oxygen atoms in total. The Hall–Kier alpha value is -1.36. The van der Waals surface area contributed by atoms with Gasteiger partial charge in [-0.2, -0.15) is 0 Å². The van der Waals surface area contributed by atoms with Crippen molar-refractivity contribution in [2.24, 2.45) is 0 Å². The molecule has 3 aromatic rings. The van der Waals surface area contributed by atoms with Gasteiger partial charge in [0.05, 0.1) is 10.7 Å². The second kappa shape index (κ2) is 5.69. The van der Waals surface area contributed by atoms with Crippen molar-refractivity contribution in [3.63, 3.8) is 0 Å². The van der Waals surface area contributed by atoms with E-state index in [2.05, 4.69) is 30.2 Å². The molecule has 1 fully saturated rings. The van der Waals surface area contributed by atoms with Gasteiger partial charge in [0.1, 0.15) is 5.65 Å². The van der Waals surface area contributed by atoms with Crippen LogP contribution in [0.3, 0.4) is 0 Å². The zero-order valence-corrected chi connectivity index (χ0v) is 14.1. The van der Waals surface area contributed by atoms with Gasteiger partial charge in [0.2, 0.25) is 0 Å². The highest BCUT2D eigenvalue weighted by atomic mass is 35.5. The molecule has 0 aliphatic carbocycles. The minimum Gasteiger partial charge on any atom is -0.305 e. The molecular formula is C17H18ClN3S. The number of nitrogens with zero attached hydrogens (tertiary/aromatic N) is 3. The molecule has 0 N–H and O–H groups in total. The van der Waals surface area contributed by atoms with Crippen LogP contribution < -0.4 is 0 Å². The Balaban J connectivity index is 1.58. The lowest BCUT2D eigenvalue weighted by Crippen LogP contribution is -2.22. The van der Waals surface area contributed by atoms with Crippen LogP contribution in [0.15, 0.2) is 36.7 Å². The summed E-state index contributed by atoms with van der Waals surface area (Å²) in [4.78, 5) is 10.1. The number of halogens is 1. The Kier molecular flexibility index (Phi) is 3.68. The summed E-state index contributed by atoms with van der Waals surface area (Å²) in [6, 6.07) is 8.92. The van der Waals surface area contributed by atoms with Crippen molar-refractivity contribution in [3.8, 4) is 0 Å². The summed E-state index contributed by atoms with van der Waals surface area (Å²) < 4.78 is 2.01. The van der Waals surface area contributed by atoms with Gasteiger partial charge in [0, 0.05) is 34.7 Å². The number of likely N-dealkylation sites (tertiary alicyclic amines) is 1. The SMILES string of the molecule is Cc1ccc(C2CCCN2Cc2cn3cc(Cl)ccc3n2)s1. The molecule has 1 saturated heterocycles. The van der Waals surface area contributed by atoms with E-state index in [-0.39, 0.29) is 0 Å². The van der Waals surface area contributed by atoms with Crippen LogP contribution in [0.4, 0.5) is 0 Å². The van der Waals surface area contributed by atoms with Gasteiger partial charge in [0.15, 0.2) is 0 Å². The molecule has 0 aromatic carbocycles. The third-order valence-electron chi connectivity index (χ3n) is 4.28. The topological polar surface area (TPSA) is 20.5 Å². The maximum atomic E-state index is 6.05. The molecule has 0 saturated carbocycles. The number of aromatic nitrogens is 2. The van der Waals surface area contributed by atoms with E-state index in [1.54, 1.807) is 0 Å². The van der Waals surface area contributed by atoms with Crippen LogP contribution in [0.2, 0.25) is 5.02 Å². The molecular weight excluding hydrogens is 314 g/mol. The first-order valence-corrected chi connectivity index (χ1v) is 8.82. The van der Waals surface area contributed by atoms with Gasteiger partial charge in [-0.1, -0.05) is 11.6 Å². The largest absolute Gasteiger partial charge is 0.305 e. The molecule has 4 rings (SSSR count). The average molecular weight is 332 g/mol. The minimum atomic E-state index is 0.548. The maximum Gasteiger partial charge on any atom is 0.137 e. The molecule has 5 heteroatoms. The molecule has 3 aromatic heterocycles. The Morgan fingerprint density at radius 3 is 3.00 bits per heavy atom. The van der Waals surface area contributed by atoms with Crippen LogP contribution in [0.25, 0.3) is 5.65 Å². The first-order valence-electron chi connectivity index (χ1n) is 7.62. The van der Waals surface area contributed by atoms with E-state index in [0.29, 0.717) is 6.04 Å². The fourth-order valence-corrected chi connectivity index (χ4v) is 4.49. The molecule has 0 spiro atoms. The van der Waals surface area contributed by atoms with E-state index >= 15 is 0 Å². The summed E-state index contributed by atoms with van der Waals surface area (Å²) in [5, 5.41) is 0.740. The fraction of sp³-hybridized carbons (Fsp3) is 0.353. The monoisotopic (exact) mass is 331 g/mol. The van der Waals surface area contributed by atoms with Gasteiger partial charge in [-0.15, -0.1) is 11.3 Å². The predicted molar refractivity (Wildman–Crippen MR) is 91.6 cm³/mol. The third kappa shape index (κ3) is 2.67. The number of aryl methyl sites for hydroxylation is 1. The highest BCUT2D eigenvalue weighted by Gasteiger charge is 2.27. The van der Waals surface area contributed by atoms with Gasteiger partial charge < -0.3 is 4.40 Å². The van der Waals surface area contributed by atoms with Crippen molar-refractivity contribution in [2.75, 3.05) is 6.54 Å². The van der Waals surface area contributed by atoms with E-state index < -0.39 is 0 Å². The van der Waals surface area contributed by atoms with Crippen LogP contribution in [0.1, 0.15) is 34.3 Å². The van der Waals surface area contributed by atoms with Gasteiger partial charge in [0.25, 0.3) is 0 Å². The second-order valence-corrected chi connectivity index (χ2v) is 7.68. The molecule has 1 aliphatic rings. The number of thiophene rings is 1. The van der Waals surface area contributed by atoms with Crippen LogP contribution in [0.5, 0.6) is 0 Å². The zero-order chi connectivity index (χ0) is 15.1. The van der Waals surface area contributed by atoms with E-state index in [1.165, 1.54) is 22.6 Å². The van der Waals surface area contributed by atoms with E-state index in [1.807, 2.05) is 34.1 Å². The van der Waals surface area contributed by atoms with E-state index in [4.69, 9.17) is 16.6 Å². The van der Waals surface area contributed by atoms with Gasteiger partial charge in [-0.3, -0.25) is 4.90 Å². The molecule has 114 valence electrons. The molecule has 0 radical (unpaired) electrons. The van der Waals surface area contributed by atoms with Crippen LogP contribution in [-0.4, -0.2) is 20.8 Å². The van der Waals surface area contributed by atoms with Crippen LogP contribution in [-0.2, 0) is 6.54 Å². The third-order valence-corrected chi connectivity index (χ3v) is 5.61. The van der Waals surface area contributed by atoms with Crippen molar-refractivity contribution in [1.29, 1.82) is 0 Å². The van der Waals surface area contributed by atoms with Crippen LogP contribution >= 0.6 is 22.9 Å². The summed E-state index contributed by atoms with van der Waals surface area (Å²) in [5.41, 5.74) is 2.07. The van der Waals surface area contributed by atoms with Gasteiger partial charge >= 0.3 is 0 Å². The van der Waals surface area contributed by atoms with Crippen molar-refractivity contribution >= 4 is 28.6 Å². The molecule has 1 atom stereocenters. The van der Waals surface area contributed by atoms with Crippen molar-refractivity contribution in [3.05, 3.63) is 57.1 Å². The maximum absolute atomic E-state index is 6.05. The lowest BCUT2D eigenvalue weighted by molar-refractivity contribution is 0.249. The molecule has 1 aliphatic heterocycles. The molecule has 22 heavy (non-hydrogen) atoms. The van der Waals surface area contributed by atoms with Crippen molar-refractivity contribution in [2.45, 2.75) is 32.4 Å². The Labute approximate surface area is 139 Å². The lowest BCUT2D eigenvalue weighted by Gasteiger charge is -2.22. The fourth-order valence-electron chi connectivity index (χ4n) is 3.27. The summed E-state index contributed by atoms with van der Waals surface area (Å²) in [5.74, 6) is 0. The molecule has 0 amide bonds. The minimum absolute atomic E-state index is 0.548. The Bertz CT molecular complexity index is 807. The van der Waals surface area contributed by atoms with Crippen molar-refractivity contribution < 1.29 is 0 Å². The number of rotatable bonds is 3. The smallest absolute Gasteiger partial charge is 0.137 e. The quantitative estimate of drug-likeness (QED) is 0.693. The number of fused-ring (bicyclic) bond motifs is 1. The first kappa shape index (κ1) is 14.2. The summed E-state index contributed by atoms with van der Waals surface area (Å²) in [7, 11) is 0. The number of pyridine rings is 1. The molecule has 0 bridgehead atoms. The molecule has 4 heterocycles. The van der Waals surface area contributed by atoms with Gasteiger partial charge in [-0.25, -0.2) is 4.98 Å². The average Bonchev–Trinajstić information content (AvgIpc) is 3.18. The standard InChI is InChI=1S/C17H18ClN3S/c1-12-4-6-16(22-12)15-3-2-8-20(15)10-14-11-21-9-13(18)5-7-17(21)19-14/h4-7,9,11,15H,2-3,8,10H2,1H3. The number of hydrogen-bond donors (Lipinski definition) is 0.